The molecule has 1 atom stereocenters. The van der Waals surface area contributed by atoms with Gasteiger partial charge in [-0.1, -0.05) is 45.9 Å². The normalized spacial score (nSPS) is 12.8. The zero-order valence-corrected chi connectivity index (χ0v) is 16.8. The first kappa shape index (κ1) is 22.0. The third kappa shape index (κ3) is 8.34. The Morgan fingerprint density at radius 3 is 2.31 bits per heavy atom. The van der Waals surface area contributed by atoms with Gasteiger partial charge in [0.25, 0.3) is 5.91 Å². The van der Waals surface area contributed by atoms with E-state index in [4.69, 9.17) is 4.74 Å². The van der Waals surface area contributed by atoms with Gasteiger partial charge < -0.3 is 20.3 Å². The standard InChI is InChI=1S/C20H33N3O3/c1-15(2)18(19(25)21-13-20(3,4)14-23(5)6)22-17(24)12-26-16-10-8-7-9-11-16/h7-11,15,18H,12-14H2,1-6H3,(H,21,25)(H,22,24). The first-order valence-corrected chi connectivity index (χ1v) is 9.00. The van der Waals surface area contributed by atoms with Crippen LogP contribution in [0.15, 0.2) is 30.3 Å². The van der Waals surface area contributed by atoms with Crippen LogP contribution in [0.4, 0.5) is 0 Å². The number of rotatable bonds is 10. The number of carbonyl (C=O) groups excluding carboxylic acids is 2. The number of carbonyl (C=O) groups is 2. The monoisotopic (exact) mass is 363 g/mol. The van der Waals surface area contributed by atoms with Crippen LogP contribution in [0.5, 0.6) is 5.75 Å². The molecule has 0 aliphatic rings. The van der Waals surface area contributed by atoms with Crippen LogP contribution in [0.3, 0.4) is 0 Å². The summed E-state index contributed by atoms with van der Waals surface area (Å²) in [6.45, 7) is 9.31. The van der Waals surface area contributed by atoms with Crippen LogP contribution < -0.4 is 15.4 Å². The maximum atomic E-state index is 12.5. The third-order valence-corrected chi connectivity index (χ3v) is 3.86. The average molecular weight is 364 g/mol. The number of nitrogens with one attached hydrogen (secondary N) is 2. The van der Waals surface area contributed by atoms with E-state index in [9.17, 15) is 9.59 Å². The number of benzene rings is 1. The highest BCUT2D eigenvalue weighted by Crippen LogP contribution is 2.14. The van der Waals surface area contributed by atoms with Crippen LogP contribution in [0.25, 0.3) is 0 Å². The highest BCUT2D eigenvalue weighted by Gasteiger charge is 2.26. The Kier molecular flexibility index (Phi) is 8.58. The van der Waals surface area contributed by atoms with Gasteiger partial charge in [0.2, 0.25) is 5.91 Å². The van der Waals surface area contributed by atoms with Gasteiger partial charge >= 0.3 is 0 Å². The quantitative estimate of drug-likeness (QED) is 0.666. The van der Waals surface area contributed by atoms with E-state index in [1.54, 1.807) is 12.1 Å². The molecule has 1 rings (SSSR count). The molecule has 0 aliphatic carbocycles. The summed E-state index contributed by atoms with van der Waals surface area (Å²) in [7, 11) is 4.01. The van der Waals surface area contributed by atoms with Gasteiger partial charge in [-0.25, -0.2) is 0 Å². The van der Waals surface area contributed by atoms with Crippen molar-refractivity contribution >= 4 is 11.8 Å². The topological polar surface area (TPSA) is 70.7 Å². The van der Waals surface area contributed by atoms with Gasteiger partial charge in [-0.3, -0.25) is 9.59 Å². The maximum absolute atomic E-state index is 12.5. The molecule has 0 spiro atoms. The fourth-order valence-electron chi connectivity index (χ4n) is 2.76. The second kappa shape index (κ2) is 10.2. The molecular formula is C20H33N3O3. The van der Waals surface area contributed by atoms with Gasteiger partial charge in [0.1, 0.15) is 11.8 Å². The largest absolute Gasteiger partial charge is 0.484 e. The van der Waals surface area contributed by atoms with Crippen LogP contribution in [0, 0.1) is 11.3 Å². The van der Waals surface area contributed by atoms with Crippen LogP contribution in [0.2, 0.25) is 0 Å². The van der Waals surface area contributed by atoms with Gasteiger partial charge in [0, 0.05) is 13.1 Å². The lowest BCUT2D eigenvalue weighted by Crippen LogP contribution is -2.52. The Balaban J connectivity index is 2.53. The fourth-order valence-corrected chi connectivity index (χ4v) is 2.76. The van der Waals surface area contributed by atoms with Crippen molar-refractivity contribution in [3.8, 4) is 5.75 Å². The molecule has 2 amide bonds. The van der Waals surface area contributed by atoms with Crippen molar-refractivity contribution in [2.24, 2.45) is 11.3 Å². The van der Waals surface area contributed by atoms with Crippen LogP contribution in [-0.4, -0.2) is 56.5 Å². The van der Waals surface area contributed by atoms with E-state index in [1.807, 2.05) is 46.1 Å². The summed E-state index contributed by atoms with van der Waals surface area (Å²) < 4.78 is 5.44. The second-order valence-electron chi connectivity index (χ2n) is 8.01. The molecule has 0 saturated heterocycles. The lowest BCUT2D eigenvalue weighted by Gasteiger charge is -2.30. The van der Waals surface area contributed by atoms with E-state index >= 15 is 0 Å². The molecule has 146 valence electrons. The number of nitrogens with zero attached hydrogens (tertiary/aromatic N) is 1. The lowest BCUT2D eigenvalue weighted by atomic mass is 9.92. The van der Waals surface area contributed by atoms with Crippen molar-refractivity contribution in [1.82, 2.24) is 15.5 Å². The SMILES string of the molecule is CC(C)C(NC(=O)COc1ccccc1)C(=O)NCC(C)(C)CN(C)C. The molecule has 0 radical (unpaired) electrons. The predicted molar refractivity (Wildman–Crippen MR) is 104 cm³/mol. The molecule has 2 N–H and O–H groups in total. The second-order valence-corrected chi connectivity index (χ2v) is 8.01. The molecular weight excluding hydrogens is 330 g/mol. The first-order valence-electron chi connectivity index (χ1n) is 9.00. The first-order chi connectivity index (χ1) is 12.1. The minimum atomic E-state index is -0.586. The van der Waals surface area contributed by atoms with Crippen LogP contribution in [0.1, 0.15) is 27.7 Å². The van der Waals surface area contributed by atoms with E-state index in [1.165, 1.54) is 0 Å². The molecule has 1 aromatic rings. The number of amides is 2. The molecule has 6 heteroatoms. The summed E-state index contributed by atoms with van der Waals surface area (Å²) in [5, 5.41) is 5.74. The van der Waals surface area contributed by atoms with Crippen molar-refractivity contribution < 1.29 is 14.3 Å². The van der Waals surface area contributed by atoms with Crippen molar-refractivity contribution in [3.05, 3.63) is 30.3 Å². The zero-order chi connectivity index (χ0) is 19.7. The smallest absolute Gasteiger partial charge is 0.258 e. The molecule has 6 nitrogen and oxygen atoms in total. The molecule has 0 saturated carbocycles. The highest BCUT2D eigenvalue weighted by atomic mass is 16.5. The summed E-state index contributed by atoms with van der Waals surface area (Å²) in [6, 6.07) is 8.54. The lowest BCUT2D eigenvalue weighted by molar-refractivity contribution is -0.131. The Bertz CT molecular complexity index is 571. The van der Waals surface area contributed by atoms with Crippen molar-refractivity contribution in [1.29, 1.82) is 0 Å². The average Bonchev–Trinajstić information content (AvgIpc) is 2.55. The minimum Gasteiger partial charge on any atom is -0.484 e. The van der Waals surface area contributed by atoms with Gasteiger partial charge in [-0.2, -0.15) is 0 Å². The molecule has 1 aromatic carbocycles. The minimum absolute atomic E-state index is 0.0207. The summed E-state index contributed by atoms with van der Waals surface area (Å²) >= 11 is 0. The molecule has 0 aromatic heterocycles. The zero-order valence-electron chi connectivity index (χ0n) is 16.8. The number of hydrogen-bond donors (Lipinski definition) is 2. The summed E-state index contributed by atoms with van der Waals surface area (Å²) in [6.07, 6.45) is 0. The summed E-state index contributed by atoms with van der Waals surface area (Å²) in [5.74, 6) is 0.126. The van der Waals surface area contributed by atoms with Crippen LogP contribution >= 0.6 is 0 Å². The van der Waals surface area contributed by atoms with Gasteiger partial charge in [0.05, 0.1) is 0 Å². The number of para-hydroxylation sites is 1. The van der Waals surface area contributed by atoms with Crippen molar-refractivity contribution in [2.45, 2.75) is 33.7 Å². The van der Waals surface area contributed by atoms with Crippen molar-refractivity contribution in [2.75, 3.05) is 33.8 Å². The Labute approximate surface area is 157 Å². The van der Waals surface area contributed by atoms with E-state index in [-0.39, 0.29) is 29.8 Å². The molecule has 0 heterocycles. The van der Waals surface area contributed by atoms with E-state index in [0.717, 1.165) is 6.54 Å². The van der Waals surface area contributed by atoms with E-state index in [0.29, 0.717) is 12.3 Å². The third-order valence-electron chi connectivity index (χ3n) is 3.86. The van der Waals surface area contributed by atoms with Gasteiger partial charge in [-0.15, -0.1) is 0 Å². The Hall–Kier alpha value is -2.08. The van der Waals surface area contributed by atoms with Crippen molar-refractivity contribution in [3.63, 3.8) is 0 Å². The van der Waals surface area contributed by atoms with Gasteiger partial charge in [-0.05, 0) is 37.6 Å². The molecule has 0 fully saturated rings. The highest BCUT2D eigenvalue weighted by molar-refractivity contribution is 5.88. The number of ether oxygens (including phenoxy) is 1. The number of hydrogen-bond acceptors (Lipinski definition) is 4. The predicted octanol–water partition coefficient (Wildman–Crippen LogP) is 1.91. The Morgan fingerprint density at radius 2 is 1.77 bits per heavy atom. The van der Waals surface area contributed by atoms with Gasteiger partial charge in [0.15, 0.2) is 6.61 Å². The van der Waals surface area contributed by atoms with E-state index in [2.05, 4.69) is 29.4 Å². The summed E-state index contributed by atoms with van der Waals surface area (Å²) in [4.78, 5) is 26.8. The molecule has 26 heavy (non-hydrogen) atoms. The van der Waals surface area contributed by atoms with E-state index < -0.39 is 6.04 Å². The molecule has 0 aliphatic heterocycles. The Morgan fingerprint density at radius 1 is 1.15 bits per heavy atom. The van der Waals surface area contributed by atoms with Crippen LogP contribution in [-0.2, 0) is 9.59 Å². The molecule has 0 bridgehead atoms. The maximum Gasteiger partial charge on any atom is 0.258 e. The summed E-state index contributed by atoms with van der Waals surface area (Å²) in [5.41, 5.74) is -0.0544. The fraction of sp³-hybridized carbons (Fsp3) is 0.600. The molecule has 1 unspecified atom stereocenters.